The zero-order valence-corrected chi connectivity index (χ0v) is 15.8. The van der Waals surface area contributed by atoms with Crippen LogP contribution in [0.5, 0.6) is 0 Å². The van der Waals surface area contributed by atoms with Gasteiger partial charge >= 0.3 is 6.18 Å². The van der Waals surface area contributed by atoms with Gasteiger partial charge in [0.15, 0.2) is 5.78 Å². The van der Waals surface area contributed by atoms with Crippen LogP contribution in [0.3, 0.4) is 0 Å². The van der Waals surface area contributed by atoms with E-state index in [2.05, 4.69) is 10.1 Å². The quantitative estimate of drug-likeness (QED) is 0.383. The highest BCUT2D eigenvalue weighted by Gasteiger charge is 2.54. The predicted octanol–water partition coefficient (Wildman–Crippen LogP) is 2.20. The second-order valence-electron chi connectivity index (χ2n) is 6.68. The van der Waals surface area contributed by atoms with Gasteiger partial charge in [-0.25, -0.2) is 8.78 Å². The van der Waals surface area contributed by atoms with Crippen molar-refractivity contribution in [1.29, 1.82) is 0 Å². The molecule has 0 aromatic carbocycles. The summed E-state index contributed by atoms with van der Waals surface area (Å²) in [5.74, 6) is -5.86. The van der Waals surface area contributed by atoms with Crippen LogP contribution in [0, 0.1) is 0 Å². The minimum absolute atomic E-state index is 0.0528. The van der Waals surface area contributed by atoms with E-state index in [1.807, 2.05) is 0 Å². The van der Waals surface area contributed by atoms with E-state index in [0.717, 1.165) is 0 Å². The summed E-state index contributed by atoms with van der Waals surface area (Å²) in [5, 5.41) is 2.37. The van der Waals surface area contributed by atoms with E-state index in [1.54, 1.807) is 0 Å². The molecule has 0 spiro atoms. The van der Waals surface area contributed by atoms with Crippen molar-refractivity contribution in [2.24, 2.45) is 5.73 Å². The number of carbonyl (C=O) groups is 2. The Bertz CT molecular complexity index is 478. The number of ether oxygens (including phenoxy) is 2. The fourth-order valence-electron chi connectivity index (χ4n) is 2.03. The van der Waals surface area contributed by atoms with Gasteiger partial charge in [0.25, 0.3) is 11.8 Å². The largest absolute Gasteiger partial charge is 0.420 e. The Morgan fingerprint density at radius 3 is 2.04 bits per heavy atom. The van der Waals surface area contributed by atoms with Gasteiger partial charge < -0.3 is 20.5 Å². The number of halogens is 5. The molecular formula is C16H27F5N2O4. The van der Waals surface area contributed by atoms with Gasteiger partial charge in [-0.05, 0) is 39.7 Å². The van der Waals surface area contributed by atoms with Crippen molar-refractivity contribution in [3.8, 4) is 0 Å². The van der Waals surface area contributed by atoms with E-state index in [1.165, 1.54) is 21.0 Å². The summed E-state index contributed by atoms with van der Waals surface area (Å²) in [6.07, 6.45) is -7.80. The van der Waals surface area contributed by atoms with Crippen LogP contribution in [-0.4, -0.2) is 61.8 Å². The second-order valence-corrected chi connectivity index (χ2v) is 6.68. The molecule has 0 aliphatic heterocycles. The number of unbranched alkanes of at least 4 members (excludes halogenated alkanes) is 1. The molecule has 0 aromatic rings. The third-order valence-corrected chi connectivity index (χ3v) is 3.85. The molecule has 0 radical (unpaired) electrons. The topological polar surface area (TPSA) is 90.6 Å². The van der Waals surface area contributed by atoms with Gasteiger partial charge in [0, 0.05) is 14.0 Å². The summed E-state index contributed by atoms with van der Waals surface area (Å²) in [5.41, 5.74) is 4.06. The minimum atomic E-state index is -5.35. The lowest BCUT2D eigenvalue weighted by Gasteiger charge is -2.28. The third kappa shape index (κ3) is 8.93. The van der Waals surface area contributed by atoms with Crippen LogP contribution in [0.25, 0.3) is 0 Å². The molecule has 0 aliphatic carbocycles. The van der Waals surface area contributed by atoms with Gasteiger partial charge in [0.2, 0.25) is 6.10 Å². The van der Waals surface area contributed by atoms with Crippen molar-refractivity contribution >= 4 is 11.7 Å². The van der Waals surface area contributed by atoms with Gasteiger partial charge in [-0.1, -0.05) is 0 Å². The molecular weight excluding hydrogens is 379 g/mol. The highest BCUT2D eigenvalue weighted by Crippen LogP contribution is 2.34. The molecule has 0 bridgehead atoms. The van der Waals surface area contributed by atoms with E-state index >= 15 is 0 Å². The number of amides is 1. The van der Waals surface area contributed by atoms with Crippen LogP contribution < -0.4 is 11.1 Å². The third-order valence-electron chi connectivity index (χ3n) is 3.85. The molecule has 1 amide bonds. The van der Waals surface area contributed by atoms with Crippen molar-refractivity contribution in [1.82, 2.24) is 5.32 Å². The molecule has 0 fully saturated rings. The van der Waals surface area contributed by atoms with Crippen molar-refractivity contribution in [3.05, 3.63) is 0 Å². The van der Waals surface area contributed by atoms with E-state index in [-0.39, 0.29) is 13.3 Å². The van der Waals surface area contributed by atoms with Crippen LogP contribution >= 0.6 is 0 Å². The molecule has 0 heterocycles. The average Bonchev–Trinajstić information content (AvgIpc) is 2.51. The number of rotatable bonds is 12. The van der Waals surface area contributed by atoms with Crippen LogP contribution in [0.2, 0.25) is 0 Å². The first-order valence-electron chi connectivity index (χ1n) is 8.31. The van der Waals surface area contributed by atoms with Crippen molar-refractivity contribution in [3.63, 3.8) is 0 Å². The van der Waals surface area contributed by atoms with Crippen LogP contribution in [0.15, 0.2) is 0 Å². The summed E-state index contributed by atoms with van der Waals surface area (Å²) in [6, 6.07) is -1.21. The first-order chi connectivity index (χ1) is 12.2. The second kappa shape index (κ2) is 10.3. The Kier molecular flexibility index (Phi) is 9.77. The lowest BCUT2D eigenvalue weighted by atomic mass is 10.0. The van der Waals surface area contributed by atoms with Gasteiger partial charge in [0.05, 0.1) is 6.04 Å². The lowest BCUT2D eigenvalue weighted by Crippen LogP contribution is -2.52. The molecule has 0 aliphatic rings. The van der Waals surface area contributed by atoms with Gasteiger partial charge in [-0.2, -0.15) is 13.2 Å². The first-order valence-corrected chi connectivity index (χ1v) is 8.31. The van der Waals surface area contributed by atoms with Crippen molar-refractivity contribution in [2.75, 3.05) is 20.3 Å². The number of ketones is 1. The SMILES string of the molecule is COC(C)(C)C(=O)N[C@@H](CCCCN)C(=O)COC(C(C)(F)F)C(F)(F)F. The molecule has 6 nitrogen and oxygen atoms in total. The average molecular weight is 406 g/mol. The maximum absolute atomic E-state index is 13.1. The Balaban J connectivity index is 5.15. The fraction of sp³-hybridized carbons (Fsp3) is 0.875. The highest BCUT2D eigenvalue weighted by atomic mass is 19.4. The normalized spacial score (nSPS) is 15.3. The molecule has 2 atom stereocenters. The number of nitrogens with two attached hydrogens (primary N) is 1. The maximum Gasteiger partial charge on any atom is 0.420 e. The van der Waals surface area contributed by atoms with Gasteiger partial charge in [-0.15, -0.1) is 0 Å². The standard InChI is InChI=1S/C16H27F5N2O4/c1-14(2,26-4)13(25)23-10(7-5-6-8-22)11(24)9-27-12(15(3,17)18)16(19,20)21/h10,12H,5-9,22H2,1-4H3,(H,23,25)/t10-,12?/m0/s1. The summed E-state index contributed by atoms with van der Waals surface area (Å²) >= 11 is 0. The molecule has 0 aromatic heterocycles. The molecule has 3 N–H and O–H groups in total. The van der Waals surface area contributed by atoms with Crippen LogP contribution in [0.1, 0.15) is 40.0 Å². The van der Waals surface area contributed by atoms with Gasteiger partial charge in [0.1, 0.15) is 12.2 Å². The van der Waals surface area contributed by atoms with E-state index in [9.17, 15) is 31.5 Å². The maximum atomic E-state index is 13.1. The molecule has 0 saturated carbocycles. The molecule has 160 valence electrons. The van der Waals surface area contributed by atoms with Gasteiger partial charge in [-0.3, -0.25) is 9.59 Å². The summed E-state index contributed by atoms with van der Waals surface area (Å²) < 4.78 is 73.6. The van der Waals surface area contributed by atoms with E-state index < -0.39 is 48.1 Å². The van der Waals surface area contributed by atoms with Crippen LogP contribution in [0.4, 0.5) is 22.0 Å². The van der Waals surface area contributed by atoms with Crippen molar-refractivity contribution in [2.45, 2.75) is 69.9 Å². The monoisotopic (exact) mass is 406 g/mol. The number of nitrogens with one attached hydrogen (secondary N) is 1. The first kappa shape index (κ1) is 25.7. The Morgan fingerprint density at radius 1 is 1.07 bits per heavy atom. The minimum Gasteiger partial charge on any atom is -0.369 e. The molecule has 1 unspecified atom stereocenters. The molecule has 11 heteroatoms. The molecule has 27 heavy (non-hydrogen) atoms. The molecule has 0 saturated heterocycles. The Morgan fingerprint density at radius 2 is 1.63 bits per heavy atom. The lowest BCUT2D eigenvalue weighted by molar-refractivity contribution is -0.278. The predicted molar refractivity (Wildman–Crippen MR) is 87.3 cm³/mol. The number of alkyl halides is 5. The van der Waals surface area contributed by atoms with Crippen LogP contribution in [-0.2, 0) is 19.1 Å². The number of methoxy groups -OCH3 is 1. The highest BCUT2D eigenvalue weighted by molar-refractivity contribution is 5.92. The van der Waals surface area contributed by atoms with Crippen molar-refractivity contribution < 1.29 is 41.0 Å². The van der Waals surface area contributed by atoms with E-state index in [0.29, 0.717) is 19.4 Å². The number of Topliss-reactive ketones (excluding diaryl/α,β-unsaturated/α-hetero) is 1. The summed E-state index contributed by atoms with van der Waals surface area (Å²) in [7, 11) is 1.27. The number of hydrogen-bond donors (Lipinski definition) is 2. The Hall–Kier alpha value is -1.33. The smallest absolute Gasteiger partial charge is 0.369 e. The Labute approximate surface area is 154 Å². The number of carbonyl (C=O) groups excluding carboxylic acids is 2. The van der Waals surface area contributed by atoms with E-state index in [4.69, 9.17) is 10.5 Å². The summed E-state index contributed by atoms with van der Waals surface area (Å²) in [4.78, 5) is 24.4. The zero-order valence-electron chi connectivity index (χ0n) is 15.8. The number of hydrogen-bond acceptors (Lipinski definition) is 5. The summed E-state index contributed by atoms with van der Waals surface area (Å²) in [6.45, 7) is 1.99. The molecule has 0 rings (SSSR count). The fourth-order valence-corrected chi connectivity index (χ4v) is 2.03. The zero-order chi connectivity index (χ0) is 21.5.